The first-order valence-electron chi connectivity index (χ1n) is 5.20. The van der Waals surface area contributed by atoms with Crippen molar-refractivity contribution in [2.75, 3.05) is 14.2 Å². The van der Waals surface area contributed by atoms with Crippen LogP contribution < -0.4 is 9.47 Å². The second-order valence-electron chi connectivity index (χ2n) is 3.32. The van der Waals surface area contributed by atoms with E-state index < -0.39 is 11.9 Å². The smallest absolute Gasteiger partial charge is 0.345 e. The number of hydrogen-bond acceptors (Lipinski definition) is 5. The molecule has 0 aliphatic heterocycles. The van der Waals surface area contributed by atoms with Crippen LogP contribution in [-0.4, -0.2) is 26.2 Å². The first kappa shape index (κ1) is 13.8. The second kappa shape index (κ2) is 6.44. The van der Waals surface area contributed by atoms with Crippen molar-refractivity contribution in [3.63, 3.8) is 0 Å². The van der Waals surface area contributed by atoms with Gasteiger partial charge >= 0.3 is 11.9 Å². The van der Waals surface area contributed by atoms with E-state index in [1.165, 1.54) is 32.4 Å². The van der Waals surface area contributed by atoms with Crippen LogP contribution in [0, 0.1) is 0 Å². The molecule has 0 atom stereocenters. The van der Waals surface area contributed by atoms with Gasteiger partial charge in [-0.15, -0.1) is 6.58 Å². The predicted molar refractivity (Wildman–Crippen MR) is 64.8 cm³/mol. The number of methoxy groups -OCH3 is 2. The molecule has 0 radical (unpaired) electrons. The van der Waals surface area contributed by atoms with Gasteiger partial charge in [-0.2, -0.15) is 0 Å². The summed E-state index contributed by atoms with van der Waals surface area (Å²) in [7, 11) is 2.94. The molecule has 0 heterocycles. The van der Waals surface area contributed by atoms with Gasteiger partial charge in [-0.25, -0.2) is 4.79 Å². The van der Waals surface area contributed by atoms with Gasteiger partial charge in [0.15, 0.2) is 11.5 Å². The summed E-state index contributed by atoms with van der Waals surface area (Å²) >= 11 is 0. The van der Waals surface area contributed by atoms with Gasteiger partial charge in [0.1, 0.15) is 0 Å². The molecule has 0 saturated carbocycles. The Morgan fingerprint density at radius 3 is 2.44 bits per heavy atom. The molecule has 0 aliphatic carbocycles. The van der Waals surface area contributed by atoms with E-state index in [4.69, 9.17) is 9.47 Å². The van der Waals surface area contributed by atoms with Gasteiger partial charge in [0.25, 0.3) is 0 Å². The molecular weight excluding hydrogens is 236 g/mol. The maximum Gasteiger partial charge on any atom is 0.345 e. The lowest BCUT2D eigenvalue weighted by atomic mass is 10.2. The van der Waals surface area contributed by atoms with Gasteiger partial charge in [0.05, 0.1) is 26.2 Å². The van der Waals surface area contributed by atoms with Crippen molar-refractivity contribution in [2.24, 2.45) is 0 Å². The third-order valence-electron chi connectivity index (χ3n) is 2.14. The predicted octanol–water partition coefficient (Wildman–Crippen LogP) is 1.96. The fraction of sp³-hybridized carbons (Fsp3) is 0.231. The minimum absolute atomic E-state index is 0.0149. The molecule has 0 N–H and O–H groups in total. The number of esters is 2. The Bertz CT molecular complexity index is 464. The third kappa shape index (κ3) is 3.35. The summed E-state index contributed by atoms with van der Waals surface area (Å²) in [6, 6.07) is 4.50. The minimum atomic E-state index is -0.734. The van der Waals surface area contributed by atoms with E-state index in [1.54, 1.807) is 6.07 Å². The van der Waals surface area contributed by atoms with Crippen LogP contribution in [0.4, 0.5) is 0 Å². The molecule has 0 unspecified atom stereocenters. The molecule has 0 amide bonds. The number of carbonyl (C=O) groups is 2. The Morgan fingerprint density at radius 1 is 1.22 bits per heavy atom. The summed E-state index contributed by atoms with van der Waals surface area (Å²) in [5.74, 6) is -0.498. The molecule has 5 heteroatoms. The molecule has 0 fully saturated rings. The molecule has 0 bridgehead atoms. The van der Waals surface area contributed by atoms with E-state index in [9.17, 15) is 9.59 Å². The number of carbonyl (C=O) groups excluding carboxylic acids is 2. The summed E-state index contributed by atoms with van der Waals surface area (Å²) < 4.78 is 14.7. The van der Waals surface area contributed by atoms with E-state index >= 15 is 0 Å². The van der Waals surface area contributed by atoms with Crippen LogP contribution in [0.5, 0.6) is 11.5 Å². The molecule has 0 aliphatic rings. The topological polar surface area (TPSA) is 61.8 Å². The highest BCUT2D eigenvalue weighted by atomic mass is 16.6. The van der Waals surface area contributed by atoms with E-state index in [2.05, 4.69) is 11.3 Å². The lowest BCUT2D eigenvalue weighted by Crippen LogP contribution is -2.11. The van der Waals surface area contributed by atoms with Gasteiger partial charge in [0.2, 0.25) is 0 Å². The Labute approximate surface area is 105 Å². The quantitative estimate of drug-likeness (QED) is 0.454. The van der Waals surface area contributed by atoms with Crippen LogP contribution in [0.25, 0.3) is 0 Å². The van der Waals surface area contributed by atoms with Gasteiger partial charge in [0, 0.05) is 0 Å². The van der Waals surface area contributed by atoms with Gasteiger partial charge < -0.3 is 14.2 Å². The Balaban J connectivity index is 2.86. The fourth-order valence-corrected chi connectivity index (χ4v) is 1.29. The molecule has 0 spiro atoms. The summed E-state index contributed by atoms with van der Waals surface area (Å²) in [6.07, 6.45) is 1.35. The van der Waals surface area contributed by atoms with E-state index in [1.807, 2.05) is 0 Å². The summed E-state index contributed by atoms with van der Waals surface area (Å²) in [5.41, 5.74) is 0.213. The van der Waals surface area contributed by atoms with Crippen molar-refractivity contribution in [3.8, 4) is 11.5 Å². The van der Waals surface area contributed by atoms with Crippen molar-refractivity contribution in [1.29, 1.82) is 0 Å². The van der Waals surface area contributed by atoms with Crippen LogP contribution >= 0.6 is 0 Å². The monoisotopic (exact) mass is 250 g/mol. The van der Waals surface area contributed by atoms with Crippen LogP contribution in [0.1, 0.15) is 16.8 Å². The van der Waals surface area contributed by atoms with Gasteiger partial charge in [-0.3, -0.25) is 4.79 Å². The third-order valence-corrected chi connectivity index (χ3v) is 2.14. The van der Waals surface area contributed by atoms with Crippen molar-refractivity contribution < 1.29 is 23.8 Å². The highest BCUT2D eigenvalue weighted by molar-refractivity contribution is 5.97. The highest BCUT2D eigenvalue weighted by Gasteiger charge is 2.14. The van der Waals surface area contributed by atoms with Crippen molar-refractivity contribution in [3.05, 3.63) is 36.4 Å². The molecule has 1 rings (SSSR count). The second-order valence-corrected chi connectivity index (χ2v) is 3.32. The normalized spacial score (nSPS) is 9.44. The Kier molecular flexibility index (Phi) is 4.92. The standard InChI is InChI=1S/C13H14O5/c1-4-5-12(14)18-13(15)9-6-7-10(16-2)11(8-9)17-3/h4,6-8H,1,5H2,2-3H3. The molecule has 96 valence electrons. The largest absolute Gasteiger partial charge is 0.493 e. The number of rotatable bonds is 5. The lowest BCUT2D eigenvalue weighted by Gasteiger charge is -2.08. The van der Waals surface area contributed by atoms with Crippen molar-refractivity contribution in [1.82, 2.24) is 0 Å². The number of hydrogen-bond donors (Lipinski definition) is 0. The van der Waals surface area contributed by atoms with Crippen LogP contribution in [0.3, 0.4) is 0 Å². The molecule has 18 heavy (non-hydrogen) atoms. The van der Waals surface area contributed by atoms with E-state index in [0.717, 1.165) is 0 Å². The zero-order valence-electron chi connectivity index (χ0n) is 10.3. The summed E-state index contributed by atoms with van der Waals surface area (Å²) in [4.78, 5) is 22.8. The molecule has 1 aromatic rings. The molecule has 0 saturated heterocycles. The number of ether oxygens (including phenoxy) is 3. The van der Waals surface area contributed by atoms with E-state index in [-0.39, 0.29) is 12.0 Å². The van der Waals surface area contributed by atoms with Gasteiger partial charge in [-0.1, -0.05) is 6.08 Å². The SMILES string of the molecule is C=CCC(=O)OC(=O)c1ccc(OC)c(OC)c1. The maximum absolute atomic E-state index is 11.6. The van der Waals surface area contributed by atoms with Crippen molar-refractivity contribution in [2.45, 2.75) is 6.42 Å². The van der Waals surface area contributed by atoms with Crippen LogP contribution in [0.15, 0.2) is 30.9 Å². The first-order chi connectivity index (χ1) is 8.62. The van der Waals surface area contributed by atoms with Gasteiger partial charge in [-0.05, 0) is 18.2 Å². The van der Waals surface area contributed by atoms with Crippen molar-refractivity contribution >= 4 is 11.9 Å². The van der Waals surface area contributed by atoms with Crippen LogP contribution in [0.2, 0.25) is 0 Å². The zero-order chi connectivity index (χ0) is 13.5. The molecular formula is C13H14O5. The minimum Gasteiger partial charge on any atom is -0.493 e. The molecule has 0 aromatic heterocycles. The fourth-order valence-electron chi connectivity index (χ4n) is 1.29. The Morgan fingerprint density at radius 2 is 1.89 bits per heavy atom. The molecule has 5 nitrogen and oxygen atoms in total. The average Bonchev–Trinajstić information content (AvgIpc) is 2.38. The first-order valence-corrected chi connectivity index (χ1v) is 5.20. The van der Waals surface area contributed by atoms with E-state index in [0.29, 0.717) is 11.5 Å². The lowest BCUT2D eigenvalue weighted by molar-refractivity contribution is -0.136. The zero-order valence-corrected chi connectivity index (χ0v) is 10.3. The number of benzene rings is 1. The average molecular weight is 250 g/mol. The van der Waals surface area contributed by atoms with Crippen LogP contribution in [-0.2, 0) is 9.53 Å². The Hall–Kier alpha value is -2.30. The summed E-state index contributed by atoms with van der Waals surface area (Å²) in [5, 5.41) is 0. The highest BCUT2D eigenvalue weighted by Crippen LogP contribution is 2.27. The maximum atomic E-state index is 11.6. The summed E-state index contributed by atoms with van der Waals surface area (Å²) in [6.45, 7) is 3.38. The molecule has 1 aromatic carbocycles.